The summed E-state index contributed by atoms with van der Waals surface area (Å²) in [7, 11) is 1.51. The zero-order valence-electron chi connectivity index (χ0n) is 16.3. The summed E-state index contributed by atoms with van der Waals surface area (Å²) in [5.74, 6) is 0.295. The third-order valence-corrected chi connectivity index (χ3v) is 5.49. The van der Waals surface area contributed by atoms with Crippen LogP contribution in [0.1, 0.15) is 0 Å². The van der Waals surface area contributed by atoms with Crippen LogP contribution in [-0.4, -0.2) is 61.4 Å². The summed E-state index contributed by atoms with van der Waals surface area (Å²) in [6.07, 6.45) is 1.70. The molecule has 151 valence electrons. The van der Waals surface area contributed by atoms with Crippen molar-refractivity contribution >= 4 is 28.2 Å². The van der Waals surface area contributed by atoms with Gasteiger partial charge in [-0.05, 0) is 35.4 Å². The van der Waals surface area contributed by atoms with E-state index in [-0.39, 0.29) is 10.8 Å². The maximum Gasteiger partial charge on any atom is 0.176 e. The van der Waals surface area contributed by atoms with Crippen molar-refractivity contribution in [2.45, 2.75) is 0 Å². The van der Waals surface area contributed by atoms with Crippen LogP contribution in [0.25, 0.3) is 22.0 Å². The van der Waals surface area contributed by atoms with Crippen molar-refractivity contribution in [2.75, 3.05) is 51.7 Å². The number of rotatable bonds is 6. The van der Waals surface area contributed by atoms with E-state index >= 15 is 0 Å². The van der Waals surface area contributed by atoms with Gasteiger partial charge in [0, 0.05) is 56.9 Å². The van der Waals surface area contributed by atoms with Gasteiger partial charge in [0.05, 0.1) is 23.3 Å². The molecular formula is C22H24ClN4O2. The summed E-state index contributed by atoms with van der Waals surface area (Å²) in [6.45, 7) is 6.09. The van der Waals surface area contributed by atoms with Crippen molar-refractivity contribution in [3.63, 3.8) is 0 Å². The second-order valence-corrected chi connectivity index (χ2v) is 7.44. The van der Waals surface area contributed by atoms with Gasteiger partial charge in [-0.2, -0.15) is 0 Å². The quantitative estimate of drug-likeness (QED) is 0.577. The van der Waals surface area contributed by atoms with Crippen LogP contribution < -0.4 is 15.4 Å². The van der Waals surface area contributed by atoms with Gasteiger partial charge in [0.1, 0.15) is 0 Å². The first kappa shape index (κ1) is 19.8. The summed E-state index contributed by atoms with van der Waals surface area (Å²) < 4.78 is 5.24. The number of piperazine rings is 1. The Morgan fingerprint density at radius 3 is 2.86 bits per heavy atom. The molecule has 0 aliphatic carbocycles. The number of phenols is 1. The van der Waals surface area contributed by atoms with Gasteiger partial charge < -0.3 is 20.5 Å². The zero-order chi connectivity index (χ0) is 20.2. The summed E-state index contributed by atoms with van der Waals surface area (Å²) in [5.41, 5.74) is 3.66. The third kappa shape index (κ3) is 4.40. The van der Waals surface area contributed by atoms with Crippen LogP contribution in [0.5, 0.6) is 11.5 Å². The van der Waals surface area contributed by atoms with Crippen LogP contribution in [0, 0.1) is 6.07 Å². The number of hydrogen-bond acceptors (Lipinski definition) is 6. The fourth-order valence-corrected chi connectivity index (χ4v) is 3.80. The van der Waals surface area contributed by atoms with E-state index in [1.54, 1.807) is 18.3 Å². The number of anilines is 1. The number of nitrogens with one attached hydrogen (secondary N) is 2. The van der Waals surface area contributed by atoms with E-state index < -0.39 is 0 Å². The molecule has 7 heteroatoms. The van der Waals surface area contributed by atoms with E-state index in [9.17, 15) is 5.11 Å². The molecule has 0 spiro atoms. The Kier molecular flexibility index (Phi) is 6.04. The van der Waals surface area contributed by atoms with Crippen molar-refractivity contribution in [1.29, 1.82) is 0 Å². The first-order valence-electron chi connectivity index (χ1n) is 9.70. The minimum absolute atomic E-state index is 0.0519. The molecule has 0 unspecified atom stereocenters. The van der Waals surface area contributed by atoms with E-state index in [0.717, 1.165) is 67.0 Å². The number of ether oxygens (including phenoxy) is 1. The van der Waals surface area contributed by atoms with Gasteiger partial charge in [-0.3, -0.25) is 9.88 Å². The molecule has 0 bridgehead atoms. The number of aromatic hydroxyl groups is 1. The smallest absolute Gasteiger partial charge is 0.176 e. The Morgan fingerprint density at radius 1 is 1.24 bits per heavy atom. The molecule has 3 N–H and O–H groups in total. The van der Waals surface area contributed by atoms with E-state index in [4.69, 9.17) is 16.3 Å². The molecular weight excluding hydrogens is 388 g/mol. The van der Waals surface area contributed by atoms with Gasteiger partial charge in [-0.1, -0.05) is 17.7 Å². The van der Waals surface area contributed by atoms with Crippen LogP contribution in [0.3, 0.4) is 0 Å². The molecule has 6 nitrogen and oxygen atoms in total. The summed E-state index contributed by atoms with van der Waals surface area (Å²) in [6, 6.07) is 12.8. The molecule has 1 fully saturated rings. The minimum atomic E-state index is -0.0519. The van der Waals surface area contributed by atoms with E-state index in [1.807, 2.05) is 12.1 Å². The first-order valence-corrected chi connectivity index (χ1v) is 10.1. The van der Waals surface area contributed by atoms with Gasteiger partial charge in [0.2, 0.25) is 0 Å². The highest BCUT2D eigenvalue weighted by Gasteiger charge is 2.12. The van der Waals surface area contributed by atoms with Crippen LogP contribution >= 0.6 is 11.6 Å². The number of benzene rings is 2. The molecule has 1 aliphatic rings. The average molecular weight is 412 g/mol. The molecule has 3 aromatic rings. The molecule has 2 aromatic carbocycles. The van der Waals surface area contributed by atoms with Crippen LogP contribution in [0.4, 0.5) is 5.69 Å². The van der Waals surface area contributed by atoms with Crippen molar-refractivity contribution in [3.05, 3.63) is 47.6 Å². The number of halogens is 1. The SMILES string of the molecule is COc1cc(-c2ccc3nc[c]c(NCCN4CCNCC4)c3c2)cc(Cl)c1O. The highest BCUT2D eigenvalue weighted by molar-refractivity contribution is 6.32. The Balaban J connectivity index is 1.59. The molecule has 1 aromatic heterocycles. The Morgan fingerprint density at radius 2 is 2.07 bits per heavy atom. The van der Waals surface area contributed by atoms with Crippen LogP contribution in [0.2, 0.25) is 5.02 Å². The summed E-state index contributed by atoms with van der Waals surface area (Å²) in [4.78, 5) is 6.88. The molecule has 0 saturated carbocycles. The second kappa shape index (κ2) is 8.86. The lowest BCUT2D eigenvalue weighted by Crippen LogP contribution is -2.45. The van der Waals surface area contributed by atoms with Crippen molar-refractivity contribution in [1.82, 2.24) is 15.2 Å². The Labute approximate surface area is 175 Å². The highest BCUT2D eigenvalue weighted by atomic mass is 35.5. The topological polar surface area (TPSA) is 69.7 Å². The van der Waals surface area contributed by atoms with Gasteiger partial charge in [0.25, 0.3) is 0 Å². The number of hydrogen-bond donors (Lipinski definition) is 3. The van der Waals surface area contributed by atoms with E-state index in [1.165, 1.54) is 7.11 Å². The van der Waals surface area contributed by atoms with Gasteiger partial charge in [0.15, 0.2) is 11.5 Å². The van der Waals surface area contributed by atoms with E-state index in [0.29, 0.717) is 5.75 Å². The maximum absolute atomic E-state index is 10.00. The Hall–Kier alpha value is -2.54. The lowest BCUT2D eigenvalue weighted by Gasteiger charge is -2.27. The van der Waals surface area contributed by atoms with Gasteiger partial charge in [-0.25, -0.2) is 0 Å². The fourth-order valence-electron chi connectivity index (χ4n) is 3.59. The largest absolute Gasteiger partial charge is 0.503 e. The van der Waals surface area contributed by atoms with Crippen molar-refractivity contribution < 1.29 is 9.84 Å². The number of nitrogens with zero attached hydrogens (tertiary/aromatic N) is 2. The molecule has 2 heterocycles. The normalized spacial score (nSPS) is 14.8. The number of pyridine rings is 1. The van der Waals surface area contributed by atoms with Crippen LogP contribution in [0.15, 0.2) is 36.5 Å². The molecule has 1 aliphatic heterocycles. The summed E-state index contributed by atoms with van der Waals surface area (Å²) >= 11 is 6.17. The maximum atomic E-state index is 10.00. The van der Waals surface area contributed by atoms with E-state index in [2.05, 4.69) is 32.7 Å². The number of methoxy groups -OCH3 is 1. The molecule has 0 amide bonds. The lowest BCUT2D eigenvalue weighted by molar-refractivity contribution is 0.249. The number of fused-ring (bicyclic) bond motifs is 1. The standard InChI is InChI=1S/C22H24ClN4O2/c1-29-21-14-16(13-18(23)22(21)28)15-2-3-19-17(12-15)20(4-5-25-19)26-8-11-27-9-6-24-7-10-27/h2-3,5,12-14,24,28H,6-11H2,1H3,(H,25,26). The first-order chi connectivity index (χ1) is 14.2. The molecule has 1 saturated heterocycles. The van der Waals surface area contributed by atoms with Gasteiger partial charge in [-0.15, -0.1) is 0 Å². The molecule has 29 heavy (non-hydrogen) atoms. The number of aromatic nitrogens is 1. The summed E-state index contributed by atoms with van der Waals surface area (Å²) in [5, 5.41) is 18.1. The van der Waals surface area contributed by atoms with Crippen LogP contribution in [-0.2, 0) is 0 Å². The predicted octanol–water partition coefficient (Wildman–Crippen LogP) is 3.39. The monoisotopic (exact) mass is 411 g/mol. The van der Waals surface area contributed by atoms with Crippen molar-refractivity contribution in [2.24, 2.45) is 0 Å². The average Bonchev–Trinajstić information content (AvgIpc) is 2.76. The second-order valence-electron chi connectivity index (χ2n) is 7.04. The fraction of sp³-hybridized carbons (Fsp3) is 0.318. The zero-order valence-corrected chi connectivity index (χ0v) is 17.1. The third-order valence-electron chi connectivity index (χ3n) is 5.20. The lowest BCUT2D eigenvalue weighted by atomic mass is 10.0. The minimum Gasteiger partial charge on any atom is -0.503 e. The highest BCUT2D eigenvalue weighted by Crippen LogP contribution is 2.39. The van der Waals surface area contributed by atoms with Crippen molar-refractivity contribution in [3.8, 4) is 22.6 Å². The predicted molar refractivity (Wildman–Crippen MR) is 117 cm³/mol. The Bertz CT molecular complexity index is 1010. The molecule has 4 rings (SSSR count). The molecule has 1 radical (unpaired) electrons. The van der Waals surface area contributed by atoms with Gasteiger partial charge >= 0.3 is 0 Å². The number of phenolic OH excluding ortho intramolecular Hbond substituents is 1. The molecule has 0 atom stereocenters.